The number of primary amides is 1. The second kappa shape index (κ2) is 10.1. The van der Waals surface area contributed by atoms with Crippen molar-refractivity contribution < 1.29 is 29.1 Å². The molecular weight excluding hydrogens is 378 g/mol. The van der Waals surface area contributed by atoms with Crippen LogP contribution < -0.4 is 22.1 Å². The van der Waals surface area contributed by atoms with Crippen molar-refractivity contribution in [3.63, 3.8) is 0 Å². The number of likely N-dealkylation sites (tertiary alicyclic amines) is 1. The van der Waals surface area contributed by atoms with E-state index >= 15 is 0 Å². The number of hydrogen-bond acceptors (Lipinski definition) is 7. The number of carboxylic acid groups (broad SMARTS) is 1. The SMILES string of the molecule is CC(NC(=O)C(CC(N)=O)NC(=O)C1CCCN1C(=O)C(N)CS)C(=O)O. The number of nitrogens with zero attached hydrogens (tertiary/aromatic N) is 1. The number of nitrogens with two attached hydrogens (primary N) is 2. The number of aliphatic carboxylic acids is 1. The lowest BCUT2D eigenvalue weighted by molar-refractivity contribution is -0.142. The fourth-order valence-electron chi connectivity index (χ4n) is 2.65. The minimum atomic E-state index is -1.35. The predicted octanol–water partition coefficient (Wildman–Crippen LogP) is -2.82. The van der Waals surface area contributed by atoms with Gasteiger partial charge in [-0.1, -0.05) is 0 Å². The van der Waals surface area contributed by atoms with Gasteiger partial charge in [-0.2, -0.15) is 12.6 Å². The van der Waals surface area contributed by atoms with E-state index in [1.54, 1.807) is 0 Å². The largest absolute Gasteiger partial charge is 0.480 e. The van der Waals surface area contributed by atoms with Gasteiger partial charge in [0.05, 0.1) is 12.5 Å². The Morgan fingerprint density at radius 3 is 2.41 bits per heavy atom. The molecule has 27 heavy (non-hydrogen) atoms. The Morgan fingerprint density at radius 2 is 1.89 bits per heavy atom. The third-order valence-electron chi connectivity index (χ3n) is 4.12. The summed E-state index contributed by atoms with van der Waals surface area (Å²) in [5, 5.41) is 13.4. The zero-order valence-corrected chi connectivity index (χ0v) is 15.8. The Balaban J connectivity index is 2.86. The van der Waals surface area contributed by atoms with Crippen LogP contribution >= 0.6 is 12.6 Å². The first-order valence-electron chi connectivity index (χ1n) is 8.37. The van der Waals surface area contributed by atoms with E-state index < -0.39 is 60.2 Å². The molecule has 12 heteroatoms. The second-order valence-corrected chi connectivity index (χ2v) is 6.64. The summed E-state index contributed by atoms with van der Waals surface area (Å²) in [6.07, 6.45) is 0.430. The van der Waals surface area contributed by atoms with Gasteiger partial charge in [-0.05, 0) is 19.8 Å². The molecule has 152 valence electrons. The average Bonchev–Trinajstić information content (AvgIpc) is 3.08. The summed E-state index contributed by atoms with van der Waals surface area (Å²) >= 11 is 3.97. The number of carbonyl (C=O) groups is 5. The molecule has 1 fully saturated rings. The van der Waals surface area contributed by atoms with Crippen LogP contribution in [0.4, 0.5) is 0 Å². The van der Waals surface area contributed by atoms with Gasteiger partial charge < -0.3 is 32.1 Å². The molecule has 0 aromatic heterocycles. The highest BCUT2D eigenvalue weighted by molar-refractivity contribution is 7.80. The van der Waals surface area contributed by atoms with Gasteiger partial charge in [0.1, 0.15) is 18.1 Å². The zero-order valence-electron chi connectivity index (χ0n) is 14.9. The molecule has 0 bridgehead atoms. The van der Waals surface area contributed by atoms with Gasteiger partial charge in [0.15, 0.2) is 0 Å². The first kappa shape index (κ1) is 22.7. The van der Waals surface area contributed by atoms with Crippen LogP contribution in [0, 0.1) is 0 Å². The molecule has 1 aliphatic heterocycles. The van der Waals surface area contributed by atoms with Crippen molar-refractivity contribution in [2.45, 2.75) is 50.4 Å². The Morgan fingerprint density at radius 1 is 1.26 bits per heavy atom. The number of carboxylic acids is 1. The average molecular weight is 403 g/mol. The number of amides is 4. The molecule has 1 rings (SSSR count). The molecule has 0 aliphatic carbocycles. The Kier molecular flexibility index (Phi) is 8.50. The highest BCUT2D eigenvalue weighted by Gasteiger charge is 2.37. The third kappa shape index (κ3) is 6.40. The molecule has 7 N–H and O–H groups in total. The lowest BCUT2D eigenvalue weighted by atomic mass is 10.1. The zero-order chi connectivity index (χ0) is 20.7. The fraction of sp³-hybridized carbons (Fsp3) is 0.667. The van der Waals surface area contributed by atoms with E-state index in [1.807, 2.05) is 0 Å². The van der Waals surface area contributed by atoms with Crippen LogP contribution in [0.3, 0.4) is 0 Å². The molecule has 0 aromatic rings. The van der Waals surface area contributed by atoms with Crippen LogP contribution in [0.1, 0.15) is 26.2 Å². The van der Waals surface area contributed by atoms with E-state index in [0.717, 1.165) is 0 Å². The molecule has 0 radical (unpaired) electrons. The maximum atomic E-state index is 12.6. The molecule has 0 saturated carbocycles. The minimum absolute atomic E-state index is 0.115. The van der Waals surface area contributed by atoms with E-state index in [4.69, 9.17) is 16.6 Å². The Bertz CT molecular complexity index is 616. The first-order chi connectivity index (χ1) is 12.6. The van der Waals surface area contributed by atoms with E-state index in [-0.39, 0.29) is 5.75 Å². The minimum Gasteiger partial charge on any atom is -0.480 e. The van der Waals surface area contributed by atoms with Gasteiger partial charge in [0, 0.05) is 12.3 Å². The normalized spacial score (nSPS) is 19.7. The van der Waals surface area contributed by atoms with Crippen molar-refractivity contribution in [2.24, 2.45) is 11.5 Å². The monoisotopic (exact) mass is 403 g/mol. The number of thiol groups is 1. The summed E-state index contributed by atoms with van der Waals surface area (Å²) in [6, 6.07) is -4.28. The smallest absolute Gasteiger partial charge is 0.325 e. The Labute approximate surface area is 161 Å². The van der Waals surface area contributed by atoms with Gasteiger partial charge in [-0.3, -0.25) is 24.0 Å². The van der Waals surface area contributed by atoms with E-state index in [2.05, 4.69) is 23.3 Å². The van der Waals surface area contributed by atoms with Crippen LogP contribution in [0.5, 0.6) is 0 Å². The summed E-state index contributed by atoms with van der Waals surface area (Å²) in [6.45, 7) is 1.57. The van der Waals surface area contributed by atoms with Crippen molar-refractivity contribution in [1.29, 1.82) is 0 Å². The standard InChI is InChI=1S/C15H25N5O6S/c1-7(15(25)26)18-12(22)9(5-11(17)21)19-13(23)10-3-2-4-20(10)14(24)8(16)6-27/h7-10,27H,2-6,16H2,1H3,(H2,17,21)(H,18,22)(H,19,23)(H,25,26). The van der Waals surface area contributed by atoms with E-state index in [9.17, 15) is 24.0 Å². The summed E-state index contributed by atoms with van der Waals surface area (Å²) in [5.74, 6) is -3.95. The predicted molar refractivity (Wildman–Crippen MR) is 97.5 cm³/mol. The molecule has 1 aliphatic rings. The number of carbonyl (C=O) groups excluding carboxylic acids is 4. The van der Waals surface area contributed by atoms with Crippen molar-refractivity contribution >= 4 is 42.2 Å². The lowest BCUT2D eigenvalue weighted by Crippen LogP contribution is -2.57. The molecule has 0 spiro atoms. The number of nitrogens with one attached hydrogen (secondary N) is 2. The van der Waals surface area contributed by atoms with Gasteiger partial charge in [-0.15, -0.1) is 0 Å². The maximum Gasteiger partial charge on any atom is 0.325 e. The summed E-state index contributed by atoms with van der Waals surface area (Å²) < 4.78 is 0. The summed E-state index contributed by atoms with van der Waals surface area (Å²) in [4.78, 5) is 60.4. The van der Waals surface area contributed by atoms with Gasteiger partial charge in [0.2, 0.25) is 23.6 Å². The molecule has 1 saturated heterocycles. The van der Waals surface area contributed by atoms with Crippen LogP contribution in [-0.4, -0.2) is 76.1 Å². The topological polar surface area (TPSA) is 185 Å². The molecule has 11 nitrogen and oxygen atoms in total. The summed E-state index contributed by atoms with van der Waals surface area (Å²) in [7, 11) is 0. The van der Waals surface area contributed by atoms with Crippen LogP contribution in [0.25, 0.3) is 0 Å². The summed E-state index contributed by atoms with van der Waals surface area (Å²) in [5.41, 5.74) is 10.8. The number of hydrogen-bond donors (Lipinski definition) is 6. The molecule has 1 heterocycles. The van der Waals surface area contributed by atoms with Crippen LogP contribution in [-0.2, 0) is 24.0 Å². The quantitative estimate of drug-likeness (QED) is 0.224. The molecule has 0 aromatic carbocycles. The highest BCUT2D eigenvalue weighted by atomic mass is 32.1. The number of rotatable bonds is 9. The molecule has 4 atom stereocenters. The van der Waals surface area contributed by atoms with Gasteiger partial charge in [-0.25, -0.2) is 0 Å². The lowest BCUT2D eigenvalue weighted by Gasteiger charge is -2.28. The van der Waals surface area contributed by atoms with Crippen molar-refractivity contribution in [2.75, 3.05) is 12.3 Å². The molecule has 4 amide bonds. The van der Waals surface area contributed by atoms with Crippen LogP contribution in [0.2, 0.25) is 0 Å². The van der Waals surface area contributed by atoms with Crippen molar-refractivity contribution in [1.82, 2.24) is 15.5 Å². The van der Waals surface area contributed by atoms with Crippen LogP contribution in [0.15, 0.2) is 0 Å². The van der Waals surface area contributed by atoms with Crippen molar-refractivity contribution in [3.8, 4) is 0 Å². The third-order valence-corrected chi connectivity index (χ3v) is 4.51. The van der Waals surface area contributed by atoms with E-state index in [1.165, 1.54) is 11.8 Å². The molecule has 4 unspecified atom stereocenters. The van der Waals surface area contributed by atoms with E-state index in [0.29, 0.717) is 19.4 Å². The van der Waals surface area contributed by atoms with Gasteiger partial charge in [0.25, 0.3) is 0 Å². The van der Waals surface area contributed by atoms with Crippen molar-refractivity contribution in [3.05, 3.63) is 0 Å². The van der Waals surface area contributed by atoms with Gasteiger partial charge >= 0.3 is 5.97 Å². The maximum absolute atomic E-state index is 12.6. The second-order valence-electron chi connectivity index (χ2n) is 6.28. The fourth-order valence-corrected chi connectivity index (χ4v) is 2.80. The first-order valence-corrected chi connectivity index (χ1v) is 9.00. The highest BCUT2D eigenvalue weighted by Crippen LogP contribution is 2.19. The molecular formula is C15H25N5O6S. The Hall–Kier alpha value is -2.34.